The molecular formula is C14H17N5O4S. The molecule has 2 aromatic rings. The minimum atomic E-state index is -0.613. The molecule has 0 unspecified atom stereocenters. The number of esters is 1. The number of carbonyl (C=O) groups excluding carboxylic acids is 2. The molecule has 1 amide bonds. The predicted molar refractivity (Wildman–Crippen MR) is 89.2 cm³/mol. The van der Waals surface area contributed by atoms with Crippen LogP contribution in [-0.2, 0) is 17.5 Å². The maximum atomic E-state index is 12.4. The molecule has 0 atom stereocenters. The summed E-state index contributed by atoms with van der Waals surface area (Å²) < 4.78 is 6.26. The highest BCUT2D eigenvalue weighted by Crippen LogP contribution is 2.16. The van der Waals surface area contributed by atoms with Crippen molar-refractivity contribution in [2.45, 2.75) is 12.7 Å². The van der Waals surface area contributed by atoms with Crippen LogP contribution in [0.5, 0.6) is 0 Å². The fraction of sp³-hybridized carbons (Fsp3) is 0.357. The summed E-state index contributed by atoms with van der Waals surface area (Å²) in [5, 5.41) is 6.49. The van der Waals surface area contributed by atoms with Crippen LogP contribution in [0.4, 0.5) is 5.82 Å². The molecule has 2 rings (SSSR count). The van der Waals surface area contributed by atoms with Gasteiger partial charge in [-0.15, -0.1) is 0 Å². The van der Waals surface area contributed by atoms with Gasteiger partial charge in [-0.05, 0) is 13.2 Å². The molecule has 128 valence electrons. The molecule has 0 aromatic carbocycles. The van der Waals surface area contributed by atoms with Gasteiger partial charge in [0.05, 0.1) is 18.6 Å². The Hall–Kier alpha value is -2.62. The monoisotopic (exact) mass is 351 g/mol. The zero-order chi connectivity index (χ0) is 17.7. The van der Waals surface area contributed by atoms with E-state index in [0.29, 0.717) is 11.6 Å². The first-order chi connectivity index (χ1) is 11.5. The Labute approximate surface area is 141 Å². The lowest BCUT2D eigenvalue weighted by atomic mass is 10.3. The van der Waals surface area contributed by atoms with E-state index in [2.05, 4.69) is 20.4 Å². The lowest BCUT2D eigenvalue weighted by Crippen LogP contribution is -2.22. The number of ether oxygens (including phenoxy) is 1. The van der Waals surface area contributed by atoms with Gasteiger partial charge in [-0.3, -0.25) is 14.3 Å². The van der Waals surface area contributed by atoms with Crippen molar-refractivity contribution >= 4 is 29.5 Å². The Morgan fingerprint density at radius 3 is 2.88 bits per heavy atom. The number of carbonyl (C=O) groups is 2. The largest absolute Gasteiger partial charge is 0.462 e. The van der Waals surface area contributed by atoms with E-state index in [-0.39, 0.29) is 23.7 Å². The quantitative estimate of drug-likeness (QED) is 0.739. The molecule has 0 spiro atoms. The number of aryl methyl sites for hydroxylation is 1. The lowest BCUT2D eigenvalue weighted by Gasteiger charge is -2.08. The van der Waals surface area contributed by atoms with Crippen LogP contribution < -0.4 is 10.9 Å². The predicted octanol–water partition coefficient (Wildman–Crippen LogP) is 0.795. The van der Waals surface area contributed by atoms with E-state index in [0.717, 1.165) is 6.07 Å². The smallest absolute Gasteiger partial charge is 0.343 e. The van der Waals surface area contributed by atoms with E-state index in [1.807, 2.05) is 6.26 Å². The first-order valence-corrected chi connectivity index (χ1v) is 8.45. The molecule has 2 heterocycles. The third-order valence-electron chi connectivity index (χ3n) is 2.97. The topological polar surface area (TPSA) is 119 Å². The molecule has 0 saturated heterocycles. The molecular weight excluding hydrogens is 334 g/mol. The van der Waals surface area contributed by atoms with E-state index in [4.69, 9.17) is 4.74 Å². The minimum Gasteiger partial charge on any atom is -0.462 e. The number of hydrogen-bond acceptors (Lipinski definition) is 7. The van der Waals surface area contributed by atoms with Crippen LogP contribution in [0.2, 0.25) is 0 Å². The van der Waals surface area contributed by atoms with Gasteiger partial charge < -0.3 is 15.0 Å². The number of nitrogens with one attached hydrogen (secondary N) is 2. The molecule has 0 aliphatic heterocycles. The van der Waals surface area contributed by atoms with E-state index in [1.54, 1.807) is 14.0 Å². The molecule has 0 fully saturated rings. The Balaban J connectivity index is 2.29. The second kappa shape index (κ2) is 7.77. The first kappa shape index (κ1) is 17.7. The number of rotatable bonds is 6. The van der Waals surface area contributed by atoms with Crippen molar-refractivity contribution in [2.24, 2.45) is 7.05 Å². The summed E-state index contributed by atoms with van der Waals surface area (Å²) >= 11 is 1.46. The number of anilines is 1. The van der Waals surface area contributed by atoms with Gasteiger partial charge in [0.2, 0.25) is 0 Å². The van der Waals surface area contributed by atoms with Crippen LogP contribution in [0, 0.1) is 0 Å². The summed E-state index contributed by atoms with van der Waals surface area (Å²) in [6.45, 7) is 1.88. The maximum absolute atomic E-state index is 12.4. The second-order valence-corrected chi connectivity index (χ2v) is 5.58. The molecule has 0 aliphatic rings. The van der Waals surface area contributed by atoms with Crippen molar-refractivity contribution in [1.29, 1.82) is 0 Å². The number of thioether (sulfide) groups is 1. The first-order valence-electron chi connectivity index (χ1n) is 7.06. The molecule has 24 heavy (non-hydrogen) atoms. The van der Waals surface area contributed by atoms with Crippen LogP contribution in [0.1, 0.15) is 33.6 Å². The third kappa shape index (κ3) is 4.02. The zero-order valence-corrected chi connectivity index (χ0v) is 14.3. The SMILES string of the molecule is CCOC(=O)c1cnn(C)c1NC(=O)c1cc(=O)[nH]c(CSC)n1. The van der Waals surface area contributed by atoms with Crippen LogP contribution in [0.25, 0.3) is 0 Å². The highest BCUT2D eigenvalue weighted by atomic mass is 32.2. The van der Waals surface area contributed by atoms with E-state index in [9.17, 15) is 14.4 Å². The highest BCUT2D eigenvalue weighted by molar-refractivity contribution is 7.97. The normalized spacial score (nSPS) is 10.5. The van der Waals surface area contributed by atoms with Gasteiger partial charge in [-0.1, -0.05) is 0 Å². The van der Waals surface area contributed by atoms with E-state index < -0.39 is 17.4 Å². The number of H-pyrrole nitrogens is 1. The summed E-state index contributed by atoms with van der Waals surface area (Å²) in [7, 11) is 1.57. The summed E-state index contributed by atoms with van der Waals surface area (Å²) in [4.78, 5) is 42.6. The Bertz CT molecular complexity index is 814. The number of aromatic nitrogens is 4. The fourth-order valence-corrected chi connectivity index (χ4v) is 2.36. The van der Waals surface area contributed by atoms with Gasteiger partial charge >= 0.3 is 5.97 Å². The average molecular weight is 351 g/mol. The molecule has 2 aromatic heterocycles. The van der Waals surface area contributed by atoms with Crippen LogP contribution in [0.3, 0.4) is 0 Å². The average Bonchev–Trinajstić information content (AvgIpc) is 2.88. The zero-order valence-electron chi connectivity index (χ0n) is 13.5. The minimum absolute atomic E-state index is 0.0428. The van der Waals surface area contributed by atoms with Gasteiger partial charge in [0.25, 0.3) is 11.5 Å². The molecule has 0 bridgehead atoms. The number of aromatic amines is 1. The van der Waals surface area contributed by atoms with E-state index >= 15 is 0 Å². The second-order valence-electron chi connectivity index (χ2n) is 4.72. The standard InChI is InChI=1S/C14H17N5O4S/c1-4-23-14(22)8-6-15-19(2)12(8)18-13(21)9-5-11(20)17-10(16-9)7-24-3/h5-6H,4,7H2,1-3H3,(H,18,21)(H,16,17,20). The van der Waals surface area contributed by atoms with Gasteiger partial charge in [-0.25, -0.2) is 9.78 Å². The van der Waals surface area contributed by atoms with Crippen molar-refractivity contribution in [2.75, 3.05) is 18.2 Å². The number of hydrogen-bond donors (Lipinski definition) is 2. The summed E-state index contributed by atoms with van der Waals surface area (Å²) in [6, 6.07) is 1.10. The maximum Gasteiger partial charge on any atom is 0.343 e. The van der Waals surface area contributed by atoms with Gasteiger partial charge in [0, 0.05) is 13.1 Å². The molecule has 10 heteroatoms. The summed E-state index contributed by atoms with van der Waals surface area (Å²) in [6.07, 6.45) is 3.16. The summed E-state index contributed by atoms with van der Waals surface area (Å²) in [5.41, 5.74) is -0.337. The van der Waals surface area contributed by atoms with Crippen LogP contribution in [0.15, 0.2) is 17.1 Å². The Morgan fingerprint density at radius 2 is 2.21 bits per heavy atom. The van der Waals surface area contributed by atoms with Gasteiger partial charge in [0.1, 0.15) is 22.9 Å². The summed E-state index contributed by atoms with van der Waals surface area (Å²) in [5.74, 6) is -0.168. The van der Waals surface area contributed by atoms with Crippen molar-refractivity contribution in [3.8, 4) is 0 Å². The Morgan fingerprint density at radius 1 is 1.46 bits per heavy atom. The van der Waals surface area contributed by atoms with Crippen LogP contribution >= 0.6 is 11.8 Å². The van der Waals surface area contributed by atoms with Crippen molar-refractivity contribution in [1.82, 2.24) is 19.7 Å². The van der Waals surface area contributed by atoms with Crippen molar-refractivity contribution in [3.63, 3.8) is 0 Å². The fourth-order valence-electron chi connectivity index (χ4n) is 1.95. The third-order valence-corrected chi connectivity index (χ3v) is 3.53. The molecule has 9 nitrogen and oxygen atoms in total. The number of nitrogens with zero attached hydrogens (tertiary/aromatic N) is 3. The van der Waals surface area contributed by atoms with Crippen LogP contribution in [-0.4, -0.2) is 44.5 Å². The molecule has 0 aliphatic carbocycles. The lowest BCUT2D eigenvalue weighted by molar-refractivity contribution is 0.0527. The van der Waals surface area contributed by atoms with Gasteiger partial charge in [-0.2, -0.15) is 16.9 Å². The highest BCUT2D eigenvalue weighted by Gasteiger charge is 2.20. The van der Waals surface area contributed by atoms with Crippen molar-refractivity contribution < 1.29 is 14.3 Å². The molecule has 2 N–H and O–H groups in total. The Kier molecular flexibility index (Phi) is 5.74. The van der Waals surface area contributed by atoms with E-state index in [1.165, 1.54) is 22.6 Å². The van der Waals surface area contributed by atoms with Crippen molar-refractivity contribution in [3.05, 3.63) is 39.7 Å². The number of amides is 1. The molecule has 0 saturated carbocycles. The molecule has 0 radical (unpaired) electrons. The van der Waals surface area contributed by atoms with Gasteiger partial charge in [0.15, 0.2) is 0 Å².